The number of anilines is 6. The first-order valence-corrected chi connectivity index (χ1v) is 28.3. The standard InChI is InChI=1S/C18H16ClF2IN2O2.C18H18IN3O4.C17H13BrF3IN2O2/c1-9-6-11(22)4-5-14(9)23-17-12(7-13(19)15(20)16(17)21)18(25)24-26-8-10-2-3-10;1-11-8-13(19)4-7-16(11)20-17-9-14(22(24)25)5-6-15(17)18(23)21-26-10-12-2-3-12;18-11-6-10(17(25)24-26-7-8-1-2-8)16(15(21)14(11)20)23-13-4-3-9(22)5-12(13)19/h4-7,10,23H,2-3,8H2,1H3,(H,24,25);4-9,12,20H,2-3,10H2,1H3,(H,21,23);3-6,8,23H,1-2,7H2,(H,24,25). The van der Waals surface area contributed by atoms with E-state index in [-0.39, 0.29) is 38.2 Å². The van der Waals surface area contributed by atoms with Gasteiger partial charge in [-0.2, -0.15) is 0 Å². The second-order valence-corrected chi connectivity index (χ2v) is 23.3. The molecule has 0 aromatic heterocycles. The van der Waals surface area contributed by atoms with Gasteiger partial charge in [-0.25, -0.2) is 38.4 Å². The summed E-state index contributed by atoms with van der Waals surface area (Å²) in [4.78, 5) is 63.2. The highest BCUT2D eigenvalue weighted by atomic mass is 127. The number of rotatable bonds is 19. The Bertz CT molecular complexity index is 3110. The van der Waals surface area contributed by atoms with Crippen LogP contribution in [0.2, 0.25) is 5.02 Å². The lowest BCUT2D eigenvalue weighted by Crippen LogP contribution is -2.26. The molecule has 78 heavy (non-hydrogen) atoms. The van der Waals surface area contributed by atoms with Crippen molar-refractivity contribution in [1.82, 2.24) is 16.4 Å². The summed E-state index contributed by atoms with van der Waals surface area (Å²) in [7, 11) is 0. The largest absolute Gasteiger partial charge is 0.354 e. The van der Waals surface area contributed by atoms with E-state index >= 15 is 0 Å². The van der Waals surface area contributed by atoms with Crippen molar-refractivity contribution in [2.24, 2.45) is 17.8 Å². The zero-order chi connectivity index (χ0) is 56.4. The molecular formula is C53H47BrClF5I3N7O8. The van der Waals surface area contributed by atoms with Crippen molar-refractivity contribution in [2.75, 3.05) is 35.8 Å². The SMILES string of the molecule is Cc1cc(I)ccc1Nc1c(C(=O)NOCC2CC2)cc(Cl)c(F)c1F.Cc1cc(I)ccc1Nc1cc([N+](=O)[O-])ccc1C(=O)NOCC1CC1.O=C(NOCC1CC1)c1cc(Br)c(F)c(F)c1Nc1ccc(I)cc1F. The highest BCUT2D eigenvalue weighted by Crippen LogP contribution is 2.36. The molecular weight excluding hydrogens is 1450 g/mol. The fourth-order valence-corrected chi connectivity index (χ4v) is 9.32. The summed E-state index contributed by atoms with van der Waals surface area (Å²) in [5.41, 5.74) is 9.37. The first-order chi connectivity index (χ1) is 37.2. The zero-order valence-electron chi connectivity index (χ0n) is 41.2. The molecule has 3 aliphatic rings. The van der Waals surface area contributed by atoms with Crippen LogP contribution >= 0.6 is 95.3 Å². The Morgan fingerprint density at radius 1 is 0.564 bits per heavy atom. The van der Waals surface area contributed by atoms with Gasteiger partial charge in [0.05, 0.1) is 73.7 Å². The number of nitro benzene ring substituents is 1. The maximum absolute atomic E-state index is 14.5. The topological polar surface area (TPSA) is 194 Å². The van der Waals surface area contributed by atoms with Crippen LogP contribution in [0.4, 0.5) is 61.8 Å². The van der Waals surface area contributed by atoms with Gasteiger partial charge in [0.2, 0.25) is 0 Å². The second kappa shape index (κ2) is 27.9. The van der Waals surface area contributed by atoms with Crippen molar-refractivity contribution in [3.05, 3.63) is 172 Å². The lowest BCUT2D eigenvalue weighted by atomic mass is 10.1. The zero-order valence-corrected chi connectivity index (χ0v) is 50.0. The number of carbonyl (C=O) groups is 3. The highest BCUT2D eigenvalue weighted by molar-refractivity contribution is 14.1. The number of nitrogens with one attached hydrogen (secondary N) is 6. The molecule has 0 radical (unpaired) electrons. The minimum Gasteiger partial charge on any atom is -0.354 e. The number of carbonyl (C=O) groups excluding carboxylic acids is 3. The van der Waals surface area contributed by atoms with Crippen LogP contribution in [0.15, 0.2) is 89.4 Å². The third-order valence-corrected chi connectivity index (χ3v) is 14.8. The Hall–Kier alpha value is -4.98. The van der Waals surface area contributed by atoms with Crippen LogP contribution in [-0.4, -0.2) is 42.5 Å². The van der Waals surface area contributed by atoms with Crippen molar-refractivity contribution in [3.63, 3.8) is 0 Å². The quantitative estimate of drug-likeness (QED) is 0.0149. The van der Waals surface area contributed by atoms with Crippen LogP contribution in [0.3, 0.4) is 0 Å². The Morgan fingerprint density at radius 3 is 1.45 bits per heavy atom. The molecule has 3 saturated carbocycles. The number of aryl methyl sites for hydroxylation is 2. The van der Waals surface area contributed by atoms with Gasteiger partial charge in [0, 0.05) is 34.2 Å². The molecule has 3 fully saturated rings. The molecule has 0 saturated heterocycles. The van der Waals surface area contributed by atoms with E-state index < -0.39 is 62.4 Å². The normalized spacial score (nSPS) is 13.5. The number of nitro groups is 1. The minimum absolute atomic E-state index is 0.0843. The number of nitrogens with zero attached hydrogens (tertiary/aromatic N) is 1. The molecule has 9 rings (SSSR count). The Kier molecular flexibility index (Phi) is 21.7. The minimum atomic E-state index is -1.30. The van der Waals surface area contributed by atoms with Crippen LogP contribution < -0.4 is 32.4 Å². The van der Waals surface area contributed by atoms with Gasteiger partial charge in [0.25, 0.3) is 23.4 Å². The van der Waals surface area contributed by atoms with Gasteiger partial charge in [-0.05, 0) is 238 Å². The van der Waals surface area contributed by atoms with Crippen molar-refractivity contribution < 1.29 is 55.8 Å². The summed E-state index contributed by atoms with van der Waals surface area (Å²) in [6.45, 7) is 4.98. The van der Waals surface area contributed by atoms with E-state index in [1.165, 1.54) is 30.3 Å². The fourth-order valence-electron chi connectivity index (χ4n) is 6.97. The molecule has 0 bridgehead atoms. The number of benzene rings is 6. The van der Waals surface area contributed by atoms with Crippen LogP contribution in [-0.2, 0) is 14.5 Å². The van der Waals surface area contributed by atoms with Gasteiger partial charge >= 0.3 is 0 Å². The average molecular weight is 1500 g/mol. The summed E-state index contributed by atoms with van der Waals surface area (Å²) in [6, 6.07) is 21.7. The molecule has 0 atom stereocenters. The van der Waals surface area contributed by atoms with E-state index in [0.29, 0.717) is 52.5 Å². The lowest BCUT2D eigenvalue weighted by Gasteiger charge is -2.16. The maximum atomic E-state index is 14.5. The summed E-state index contributed by atoms with van der Waals surface area (Å²) < 4.78 is 73.4. The van der Waals surface area contributed by atoms with Crippen molar-refractivity contribution in [3.8, 4) is 0 Å². The Balaban J connectivity index is 0.000000170. The van der Waals surface area contributed by atoms with Gasteiger partial charge in [0.1, 0.15) is 5.82 Å². The number of hydrogen-bond donors (Lipinski definition) is 6. The van der Waals surface area contributed by atoms with E-state index in [9.17, 15) is 46.5 Å². The van der Waals surface area contributed by atoms with Gasteiger partial charge in [-0.15, -0.1) is 0 Å². The van der Waals surface area contributed by atoms with Crippen LogP contribution in [0.25, 0.3) is 0 Å². The van der Waals surface area contributed by atoms with Crippen LogP contribution in [0, 0.1) is 81.5 Å². The van der Waals surface area contributed by atoms with E-state index in [1.54, 1.807) is 12.1 Å². The average Bonchev–Trinajstić information content (AvgIpc) is 4.24. The van der Waals surface area contributed by atoms with E-state index in [0.717, 1.165) is 74.6 Å². The summed E-state index contributed by atoms with van der Waals surface area (Å²) >= 11 is 14.9. The molecule has 3 aliphatic carbocycles. The molecule has 25 heteroatoms. The van der Waals surface area contributed by atoms with E-state index in [4.69, 9.17) is 26.1 Å². The van der Waals surface area contributed by atoms with Crippen LogP contribution in [0.1, 0.15) is 80.7 Å². The number of hydroxylamine groups is 3. The fraction of sp³-hybridized carbons (Fsp3) is 0.264. The molecule has 0 spiro atoms. The molecule has 6 aromatic rings. The number of hydrogen-bond acceptors (Lipinski definition) is 11. The van der Waals surface area contributed by atoms with Crippen molar-refractivity contribution in [1.29, 1.82) is 0 Å². The van der Waals surface area contributed by atoms with Gasteiger partial charge in [0.15, 0.2) is 23.3 Å². The summed E-state index contributed by atoms with van der Waals surface area (Å²) in [6.07, 6.45) is 6.42. The summed E-state index contributed by atoms with van der Waals surface area (Å²) in [5, 5.41) is 19.0. The van der Waals surface area contributed by atoms with Crippen molar-refractivity contribution in [2.45, 2.75) is 52.4 Å². The molecule has 15 nitrogen and oxygen atoms in total. The maximum Gasteiger partial charge on any atom is 0.277 e. The first kappa shape index (κ1) is 60.7. The molecule has 6 aromatic carbocycles. The Morgan fingerprint density at radius 2 is 0.987 bits per heavy atom. The second-order valence-electron chi connectivity index (χ2n) is 18.3. The number of halogens is 10. The summed E-state index contributed by atoms with van der Waals surface area (Å²) in [5.74, 6) is -6.12. The smallest absolute Gasteiger partial charge is 0.277 e. The lowest BCUT2D eigenvalue weighted by molar-refractivity contribution is -0.384. The number of amides is 3. The molecule has 3 amide bonds. The van der Waals surface area contributed by atoms with E-state index in [2.05, 4.69) is 93.5 Å². The van der Waals surface area contributed by atoms with Gasteiger partial charge in [-0.3, -0.25) is 39.0 Å². The third-order valence-electron chi connectivity index (χ3n) is 11.9. The van der Waals surface area contributed by atoms with Crippen LogP contribution in [0.5, 0.6) is 0 Å². The highest BCUT2D eigenvalue weighted by Gasteiger charge is 2.28. The molecule has 0 aliphatic heterocycles. The van der Waals surface area contributed by atoms with Gasteiger partial charge in [-0.1, -0.05) is 11.6 Å². The van der Waals surface area contributed by atoms with Crippen molar-refractivity contribution >= 4 is 153 Å². The third kappa shape index (κ3) is 17.3. The predicted octanol–water partition coefficient (Wildman–Crippen LogP) is 15.0. The first-order valence-electron chi connectivity index (χ1n) is 23.9. The number of non-ortho nitro benzene ring substituents is 1. The monoisotopic (exact) mass is 1500 g/mol. The molecule has 0 unspecified atom stereocenters. The molecule has 6 N–H and O–H groups in total. The van der Waals surface area contributed by atoms with E-state index in [1.807, 2.05) is 66.8 Å². The Labute approximate surface area is 498 Å². The molecule has 412 valence electrons. The van der Waals surface area contributed by atoms with Gasteiger partial charge < -0.3 is 16.0 Å². The molecule has 0 heterocycles. The predicted molar refractivity (Wildman–Crippen MR) is 314 cm³/mol.